The predicted octanol–water partition coefficient (Wildman–Crippen LogP) is 9.14. The fourth-order valence-electron chi connectivity index (χ4n) is 4.21. The van der Waals surface area contributed by atoms with Gasteiger partial charge in [-0.05, 0) is 36.4 Å². The summed E-state index contributed by atoms with van der Waals surface area (Å²) >= 11 is 0. The molecule has 53 heavy (non-hydrogen) atoms. The third-order valence-corrected chi connectivity index (χ3v) is 7.29. The van der Waals surface area contributed by atoms with Crippen LogP contribution in [0.1, 0.15) is 33.4 Å². The highest BCUT2D eigenvalue weighted by Gasteiger charge is 2.50. The molecular weight excluding hydrogens is 809 g/mol. The number of hydrogen-bond donors (Lipinski definition) is 3. The lowest BCUT2D eigenvalue weighted by Gasteiger charge is -2.33. The summed E-state index contributed by atoms with van der Waals surface area (Å²) in [6, 6.07) is -0.492. The summed E-state index contributed by atoms with van der Waals surface area (Å²) in [7, 11) is -7.12. The van der Waals surface area contributed by atoms with E-state index in [0.717, 1.165) is 0 Å². The lowest BCUT2D eigenvalue weighted by atomic mass is 10.1. The quantitative estimate of drug-likeness (QED) is 0.0831. The second-order valence-corrected chi connectivity index (χ2v) is 11.1. The van der Waals surface area contributed by atoms with Gasteiger partial charge in [0.2, 0.25) is 0 Å². The molecule has 6 N–H and O–H groups in total. The van der Waals surface area contributed by atoms with Crippen LogP contribution in [0.3, 0.4) is 0 Å². The first-order valence-electron chi connectivity index (χ1n) is 12.9. The number of anilines is 3. The second kappa shape index (κ2) is 14.2. The molecule has 0 aliphatic heterocycles. The highest BCUT2D eigenvalue weighted by molar-refractivity contribution is 7.48. The van der Waals surface area contributed by atoms with E-state index < -0.39 is 111 Å². The number of rotatable bonds is 9. The molecule has 10 nitrogen and oxygen atoms in total. The molecule has 3 aromatic rings. The van der Waals surface area contributed by atoms with E-state index in [0.29, 0.717) is 0 Å². The molecular formula is C24H15F18N6O4P. The molecule has 3 rings (SSSR count). The van der Waals surface area contributed by atoms with Crippen molar-refractivity contribution in [2.75, 3.05) is 15.5 Å². The smallest absolute Gasteiger partial charge is 0.222 e. The van der Waals surface area contributed by atoms with Crippen LogP contribution in [-0.2, 0) is 55.5 Å². The molecule has 0 spiro atoms. The van der Waals surface area contributed by atoms with Crippen LogP contribution in [0, 0.1) is 0 Å². The van der Waals surface area contributed by atoms with E-state index >= 15 is 0 Å². The standard InChI is InChI=1S/C24H15F18N6O4P/c25-19(26,27)10-4-1-5-11(20(28,29)30)16(10)46(43)50-53(49,51-47(44)17-12(21(31,32)33)6-2-7-13(17)22(34,35)36)52-48(45)18-14(23(37,38)39)8-3-9-15(18)24(40,41)42/h1-9H,43-45H2. The molecule has 0 saturated heterocycles. The molecule has 0 radical (unpaired) electrons. The van der Waals surface area contributed by atoms with E-state index in [4.69, 9.17) is 17.5 Å². The van der Waals surface area contributed by atoms with Crippen molar-refractivity contribution in [3.63, 3.8) is 0 Å². The molecule has 296 valence electrons. The Bertz CT molecular complexity index is 1540. The van der Waals surface area contributed by atoms with Crippen molar-refractivity contribution in [3.8, 4) is 0 Å². The summed E-state index contributed by atoms with van der Waals surface area (Å²) in [5, 5.41) is -4.02. The topological polar surface area (TPSA) is 133 Å². The molecule has 0 amide bonds. The monoisotopic (exact) mass is 824 g/mol. The minimum Gasteiger partial charge on any atom is -0.222 e. The van der Waals surface area contributed by atoms with Crippen LogP contribution in [0.2, 0.25) is 0 Å². The van der Waals surface area contributed by atoms with E-state index in [9.17, 15) is 83.6 Å². The van der Waals surface area contributed by atoms with Crippen LogP contribution >= 0.6 is 7.82 Å². The Kier molecular flexibility index (Phi) is 11.6. The van der Waals surface area contributed by atoms with Gasteiger partial charge < -0.3 is 0 Å². The third-order valence-electron chi connectivity index (χ3n) is 6.17. The number of alkyl halides is 18. The van der Waals surface area contributed by atoms with E-state index in [1.807, 2.05) is 0 Å². The second-order valence-electron chi connectivity index (χ2n) is 9.76. The highest BCUT2D eigenvalue weighted by atomic mass is 31.2. The molecule has 0 aliphatic carbocycles. The van der Waals surface area contributed by atoms with Gasteiger partial charge in [0, 0.05) is 0 Å². The average Bonchev–Trinajstić information content (AvgIpc) is 2.97. The van der Waals surface area contributed by atoms with Crippen LogP contribution in [0.15, 0.2) is 54.6 Å². The molecule has 0 aromatic heterocycles. The first-order chi connectivity index (χ1) is 23.7. The Hall–Kier alpha value is -4.21. The van der Waals surface area contributed by atoms with Gasteiger partial charge in [-0.1, -0.05) is 18.2 Å². The van der Waals surface area contributed by atoms with Crippen LogP contribution in [0.4, 0.5) is 96.1 Å². The highest BCUT2D eigenvalue weighted by Crippen LogP contribution is 2.57. The van der Waals surface area contributed by atoms with Crippen molar-refractivity contribution < 1.29 is 97.5 Å². The van der Waals surface area contributed by atoms with Crippen LogP contribution in [-0.4, -0.2) is 0 Å². The lowest BCUT2D eigenvalue weighted by Crippen LogP contribution is -2.41. The summed E-state index contributed by atoms with van der Waals surface area (Å²) in [6.45, 7) is 0. The molecule has 0 bridgehead atoms. The summed E-state index contributed by atoms with van der Waals surface area (Å²) in [5.74, 6) is 15.4. The Labute approximate surface area is 281 Å². The summed E-state index contributed by atoms with van der Waals surface area (Å²) in [4.78, 5) is 0. The van der Waals surface area contributed by atoms with Gasteiger partial charge in [-0.3, -0.25) is 0 Å². The molecule has 0 heterocycles. The Morgan fingerprint density at radius 2 is 0.528 bits per heavy atom. The first kappa shape index (κ1) is 43.2. The average molecular weight is 824 g/mol. The van der Waals surface area contributed by atoms with Crippen molar-refractivity contribution in [1.82, 2.24) is 0 Å². The molecule has 0 atom stereocenters. The van der Waals surface area contributed by atoms with E-state index in [1.54, 1.807) is 0 Å². The number of hydrogen-bond acceptors (Lipinski definition) is 10. The van der Waals surface area contributed by atoms with Crippen molar-refractivity contribution in [3.05, 3.63) is 88.0 Å². The zero-order valence-electron chi connectivity index (χ0n) is 24.7. The number of para-hydroxylation sites is 3. The summed E-state index contributed by atoms with van der Waals surface area (Å²) in [6.07, 6.45) is -35.2. The fraction of sp³-hybridized carbons (Fsp3) is 0.250. The predicted molar refractivity (Wildman–Crippen MR) is 140 cm³/mol. The number of nitrogens with two attached hydrogens (primary N) is 3. The lowest BCUT2D eigenvalue weighted by molar-refractivity contribution is -0.144. The van der Waals surface area contributed by atoms with Crippen LogP contribution in [0.25, 0.3) is 0 Å². The zero-order valence-corrected chi connectivity index (χ0v) is 25.5. The maximum Gasteiger partial charge on any atom is 0.543 e. The van der Waals surface area contributed by atoms with Gasteiger partial charge in [-0.15, -0.1) is 13.9 Å². The van der Waals surface area contributed by atoms with Gasteiger partial charge in [0.1, 0.15) is 17.1 Å². The van der Waals surface area contributed by atoms with E-state index in [2.05, 4.69) is 13.9 Å². The Morgan fingerprint density at radius 3 is 0.660 bits per heavy atom. The van der Waals surface area contributed by atoms with Crippen molar-refractivity contribution >= 4 is 24.9 Å². The van der Waals surface area contributed by atoms with Crippen LogP contribution in [0.5, 0.6) is 0 Å². The number of halogens is 18. The van der Waals surface area contributed by atoms with Crippen molar-refractivity contribution in [1.29, 1.82) is 0 Å². The third kappa shape index (κ3) is 9.86. The minimum absolute atomic E-state index is 0.123. The molecule has 3 aromatic carbocycles. The number of nitrogens with zero attached hydrogens (tertiary/aromatic N) is 3. The van der Waals surface area contributed by atoms with Gasteiger partial charge in [0.25, 0.3) is 0 Å². The SMILES string of the molecule is NN(OP(=O)(ON(N)c1c(C(F)(F)F)cccc1C(F)(F)F)ON(N)c1c(C(F)(F)F)cccc1C(F)(F)F)c1c(C(F)(F)F)cccc1C(F)(F)F. The maximum atomic E-state index is 13.8. The Morgan fingerprint density at radius 1 is 0.377 bits per heavy atom. The van der Waals surface area contributed by atoms with E-state index in [1.165, 1.54) is 0 Å². The molecule has 0 unspecified atom stereocenters. The molecule has 0 fully saturated rings. The fourth-order valence-corrected chi connectivity index (χ4v) is 5.19. The normalized spacial score (nSPS) is 13.7. The number of benzene rings is 3. The van der Waals surface area contributed by atoms with Gasteiger partial charge in [0.15, 0.2) is 0 Å². The van der Waals surface area contributed by atoms with Crippen molar-refractivity contribution in [2.24, 2.45) is 17.5 Å². The zero-order chi connectivity index (χ0) is 40.9. The minimum atomic E-state index is -7.12. The van der Waals surface area contributed by atoms with Crippen molar-refractivity contribution in [2.45, 2.75) is 37.1 Å². The van der Waals surface area contributed by atoms with Crippen LogP contribution < -0.4 is 33.0 Å². The van der Waals surface area contributed by atoms with Gasteiger partial charge >= 0.3 is 44.9 Å². The van der Waals surface area contributed by atoms with Gasteiger partial charge in [-0.25, -0.2) is 22.1 Å². The molecule has 29 heteroatoms. The number of phosphoric acid groups is 1. The van der Waals surface area contributed by atoms with Gasteiger partial charge in [-0.2, -0.15) is 94.5 Å². The van der Waals surface area contributed by atoms with E-state index in [-0.39, 0.29) is 54.6 Å². The summed E-state index contributed by atoms with van der Waals surface area (Å²) < 4.78 is 274. The summed E-state index contributed by atoms with van der Waals surface area (Å²) in [5.41, 5.74) is -22.0. The van der Waals surface area contributed by atoms with Gasteiger partial charge in [0.05, 0.1) is 33.4 Å². The maximum absolute atomic E-state index is 13.8. The Balaban J connectivity index is 2.36. The molecule has 0 saturated carbocycles. The molecule has 0 aliphatic rings. The number of hydrazine groups is 3. The largest absolute Gasteiger partial charge is 0.543 e. The first-order valence-corrected chi connectivity index (χ1v) is 14.3.